The molecule has 38 heavy (non-hydrogen) atoms. The molecule has 2 saturated heterocycles. The van der Waals surface area contributed by atoms with Gasteiger partial charge in [0.2, 0.25) is 0 Å². The van der Waals surface area contributed by atoms with Crippen LogP contribution in [0, 0.1) is 19.8 Å². The third kappa shape index (κ3) is 5.35. The summed E-state index contributed by atoms with van der Waals surface area (Å²) in [5.74, 6) is 0.762. The van der Waals surface area contributed by atoms with Gasteiger partial charge in [-0.25, -0.2) is 24.3 Å². The first-order valence-electron chi connectivity index (χ1n) is 12.4. The Hall–Kier alpha value is -2.81. The lowest BCUT2D eigenvalue weighted by atomic mass is 10.0. The van der Waals surface area contributed by atoms with Crippen LogP contribution in [-0.2, 0) is 23.1 Å². The van der Waals surface area contributed by atoms with Gasteiger partial charge in [-0.05, 0) is 32.6 Å². The van der Waals surface area contributed by atoms with Gasteiger partial charge in [0.15, 0.2) is 11.2 Å². The molecular weight excluding hydrogens is 521 g/mol. The molecule has 7 atom stereocenters. The van der Waals surface area contributed by atoms with Gasteiger partial charge < -0.3 is 19.4 Å². The lowest BCUT2D eigenvalue weighted by molar-refractivity contribution is -0.0385. The van der Waals surface area contributed by atoms with Crippen LogP contribution >= 0.6 is 7.82 Å². The first-order chi connectivity index (χ1) is 18.0. The van der Waals surface area contributed by atoms with E-state index in [-0.39, 0.29) is 30.0 Å². The number of hydrogen-bond donors (Lipinski definition) is 2. The Balaban J connectivity index is 1.22. The van der Waals surface area contributed by atoms with E-state index in [1.165, 1.54) is 17.2 Å². The van der Waals surface area contributed by atoms with Gasteiger partial charge >= 0.3 is 13.5 Å². The molecule has 3 aromatic rings. The van der Waals surface area contributed by atoms with Gasteiger partial charge in [0, 0.05) is 6.42 Å². The van der Waals surface area contributed by atoms with Gasteiger partial charge in [-0.1, -0.05) is 13.8 Å². The number of rotatable bonds is 8. The lowest BCUT2D eigenvalue weighted by Gasteiger charge is -2.22. The molecule has 16 heteroatoms. The average molecular weight is 551 g/mol. The molecule has 5 heterocycles. The van der Waals surface area contributed by atoms with E-state index in [0.29, 0.717) is 30.1 Å². The predicted octanol–water partition coefficient (Wildman–Crippen LogP) is 1.51. The van der Waals surface area contributed by atoms with Crippen molar-refractivity contribution in [3.05, 3.63) is 45.1 Å². The third-order valence-electron chi connectivity index (χ3n) is 6.81. The van der Waals surface area contributed by atoms with Crippen LogP contribution in [0.4, 0.5) is 0 Å². The van der Waals surface area contributed by atoms with Crippen molar-refractivity contribution >= 4 is 19.0 Å². The number of aromatic nitrogens is 7. The fourth-order valence-electron chi connectivity index (χ4n) is 4.82. The summed E-state index contributed by atoms with van der Waals surface area (Å²) in [6, 6.07) is 0. The Morgan fingerprint density at radius 2 is 1.82 bits per heavy atom. The number of phosphoric acid groups is 1. The summed E-state index contributed by atoms with van der Waals surface area (Å²) in [4.78, 5) is 53.8. The third-order valence-corrected chi connectivity index (χ3v) is 7.82. The molecule has 15 nitrogen and oxygen atoms in total. The predicted molar refractivity (Wildman–Crippen MR) is 131 cm³/mol. The van der Waals surface area contributed by atoms with Crippen LogP contribution in [0.1, 0.15) is 57.2 Å². The van der Waals surface area contributed by atoms with Crippen LogP contribution < -0.4 is 11.2 Å². The van der Waals surface area contributed by atoms with Crippen molar-refractivity contribution < 1.29 is 28.0 Å². The van der Waals surface area contributed by atoms with Crippen LogP contribution in [0.3, 0.4) is 0 Å². The number of nitrogens with one attached hydrogen (secondary N) is 1. The summed E-state index contributed by atoms with van der Waals surface area (Å²) >= 11 is 0. The van der Waals surface area contributed by atoms with Crippen molar-refractivity contribution in [2.75, 3.05) is 6.61 Å². The molecule has 2 N–H and O–H groups in total. The molecule has 0 aromatic carbocycles. The zero-order valence-corrected chi connectivity index (χ0v) is 22.3. The van der Waals surface area contributed by atoms with E-state index in [0.717, 1.165) is 0 Å². The molecular formula is C22H30N7O8P. The summed E-state index contributed by atoms with van der Waals surface area (Å²) in [6.45, 7) is 6.88. The van der Waals surface area contributed by atoms with Crippen LogP contribution in [-0.4, -0.2) is 63.9 Å². The molecule has 0 radical (unpaired) electrons. The van der Waals surface area contributed by atoms with E-state index in [1.807, 2.05) is 13.8 Å². The Morgan fingerprint density at radius 3 is 2.55 bits per heavy atom. The molecule has 3 unspecified atom stereocenters. The first-order valence-corrected chi connectivity index (χ1v) is 13.9. The highest BCUT2D eigenvalue weighted by Gasteiger charge is 2.42. The largest absolute Gasteiger partial charge is 0.472 e. The number of aryl methyl sites for hydroxylation is 2. The molecule has 2 aliphatic rings. The molecule has 0 bridgehead atoms. The van der Waals surface area contributed by atoms with Crippen molar-refractivity contribution in [2.45, 2.75) is 77.7 Å². The number of H-pyrrole nitrogens is 1. The second-order valence-corrected chi connectivity index (χ2v) is 11.0. The molecule has 5 rings (SSSR count). The summed E-state index contributed by atoms with van der Waals surface area (Å²) in [6.07, 6.45) is 1.01. The standard InChI is InChI=1S/C22H30N7O8P/c1-5-14-15(7-18(35-14)29-9-23-12(3)27-22(29)31)37-38(32,33)34-8-16-11(2)6-17(36-16)28-10-24-19-20(28)25-13(4)26-21(19)30/h9-11,14-18H,5-8H2,1-4H3,(H,32,33)(H,25,26,30)/t11?,14-,15?,16-,17-,18-/m1/s1. The van der Waals surface area contributed by atoms with Crippen LogP contribution in [0.2, 0.25) is 0 Å². The van der Waals surface area contributed by atoms with Gasteiger partial charge in [0.1, 0.15) is 30.4 Å². The number of fused-ring (bicyclic) bond motifs is 1. The lowest BCUT2D eigenvalue weighted by Crippen LogP contribution is -2.28. The average Bonchev–Trinajstić information content (AvgIpc) is 3.54. The van der Waals surface area contributed by atoms with E-state index < -0.39 is 44.3 Å². The van der Waals surface area contributed by atoms with Crippen molar-refractivity contribution in [1.29, 1.82) is 0 Å². The van der Waals surface area contributed by atoms with Crippen LogP contribution in [0.15, 0.2) is 22.2 Å². The first kappa shape index (κ1) is 26.8. The van der Waals surface area contributed by atoms with E-state index in [1.54, 1.807) is 18.4 Å². The number of hydrogen-bond acceptors (Lipinski definition) is 11. The van der Waals surface area contributed by atoms with Gasteiger partial charge in [-0.15, -0.1) is 0 Å². The maximum Gasteiger partial charge on any atom is 0.472 e. The zero-order valence-electron chi connectivity index (χ0n) is 21.4. The molecule has 3 aromatic heterocycles. The second kappa shape index (κ2) is 10.4. The van der Waals surface area contributed by atoms with Gasteiger partial charge in [-0.2, -0.15) is 4.98 Å². The Kier molecular flexibility index (Phi) is 7.33. The summed E-state index contributed by atoms with van der Waals surface area (Å²) in [7, 11) is -4.50. The van der Waals surface area contributed by atoms with E-state index in [2.05, 4.69) is 24.9 Å². The molecule has 0 amide bonds. The minimum Gasteiger partial charge on any atom is -0.352 e. The fourth-order valence-corrected chi connectivity index (χ4v) is 5.78. The summed E-state index contributed by atoms with van der Waals surface area (Å²) in [5.41, 5.74) is -0.245. The van der Waals surface area contributed by atoms with Gasteiger partial charge in [0.25, 0.3) is 5.56 Å². The number of phosphoric ester groups is 1. The maximum atomic E-state index is 12.9. The number of imidazole rings is 1. The Morgan fingerprint density at radius 1 is 1.11 bits per heavy atom. The van der Waals surface area contributed by atoms with Gasteiger partial charge in [-0.3, -0.25) is 23.0 Å². The highest BCUT2D eigenvalue weighted by Crippen LogP contribution is 2.49. The maximum absolute atomic E-state index is 12.9. The molecule has 2 fully saturated rings. The quantitative estimate of drug-likeness (QED) is 0.385. The van der Waals surface area contributed by atoms with E-state index >= 15 is 0 Å². The minimum atomic E-state index is -4.50. The van der Waals surface area contributed by atoms with Crippen molar-refractivity contribution in [3.63, 3.8) is 0 Å². The normalized spacial score (nSPS) is 29.2. The molecule has 0 spiro atoms. The number of nitrogens with zero attached hydrogens (tertiary/aromatic N) is 6. The highest BCUT2D eigenvalue weighted by molar-refractivity contribution is 7.47. The zero-order chi connectivity index (χ0) is 27.2. The Labute approximate surface area is 216 Å². The van der Waals surface area contributed by atoms with Gasteiger partial charge in [0.05, 0.1) is 31.2 Å². The van der Waals surface area contributed by atoms with Crippen LogP contribution in [0.5, 0.6) is 0 Å². The van der Waals surface area contributed by atoms with Crippen LogP contribution in [0.25, 0.3) is 11.2 Å². The highest BCUT2D eigenvalue weighted by atomic mass is 31.2. The van der Waals surface area contributed by atoms with Crippen molar-refractivity contribution in [1.82, 2.24) is 34.1 Å². The smallest absolute Gasteiger partial charge is 0.352 e. The van der Waals surface area contributed by atoms with E-state index in [4.69, 9.17) is 18.5 Å². The minimum absolute atomic E-state index is 0.0310. The Bertz CT molecular complexity index is 1490. The van der Waals surface area contributed by atoms with Crippen molar-refractivity contribution in [3.8, 4) is 0 Å². The number of aromatic amines is 1. The molecule has 0 aliphatic carbocycles. The SMILES string of the molecule is CC[C@H]1O[C@@H](n2cnc(C)nc2=O)CC1OP(=O)(O)OC[C@H]1O[C@@H](n2cnc3c(=O)[nH]c(C)nc32)CC1C. The topological polar surface area (TPSA) is 186 Å². The summed E-state index contributed by atoms with van der Waals surface area (Å²) < 4.78 is 38.6. The molecule has 2 aliphatic heterocycles. The monoisotopic (exact) mass is 551 g/mol. The summed E-state index contributed by atoms with van der Waals surface area (Å²) in [5, 5.41) is 0. The van der Waals surface area contributed by atoms with Crippen molar-refractivity contribution in [2.24, 2.45) is 5.92 Å². The fraction of sp³-hybridized carbons (Fsp3) is 0.636. The molecule has 206 valence electrons. The second-order valence-electron chi connectivity index (χ2n) is 9.59. The number of ether oxygens (including phenoxy) is 2. The van der Waals surface area contributed by atoms with E-state index in [9.17, 15) is 19.0 Å². The molecule has 0 saturated carbocycles.